The third kappa shape index (κ3) is 4.76. The molecule has 3 aromatic rings. The number of carbonyl (C=O) groups is 1. The van der Waals surface area contributed by atoms with Gasteiger partial charge in [0.1, 0.15) is 23.3 Å². The number of hydrogen-bond acceptors (Lipinski definition) is 7. The van der Waals surface area contributed by atoms with Crippen LogP contribution in [-0.4, -0.2) is 45.6 Å². The zero-order valence-electron chi connectivity index (χ0n) is 21.3. The van der Waals surface area contributed by atoms with Gasteiger partial charge in [-0.1, -0.05) is 61.5 Å². The molecule has 2 aliphatic heterocycles. The van der Waals surface area contributed by atoms with Crippen LogP contribution >= 0.6 is 0 Å². The number of likely N-dealkylation sites (tertiary alicyclic amines) is 1. The quantitative estimate of drug-likeness (QED) is 0.517. The normalized spacial score (nSPS) is 24.3. The van der Waals surface area contributed by atoms with E-state index in [1.54, 1.807) is 29.2 Å². The summed E-state index contributed by atoms with van der Waals surface area (Å²) in [4.78, 5) is 26.1. The van der Waals surface area contributed by atoms with Gasteiger partial charge in [-0.05, 0) is 31.4 Å². The summed E-state index contributed by atoms with van der Waals surface area (Å²) in [7, 11) is 0. The van der Waals surface area contributed by atoms with Gasteiger partial charge in [-0.25, -0.2) is 19.7 Å². The number of aliphatic imine (C=N–C) groups is 1. The number of nitrogens with one attached hydrogen (secondary N) is 1. The first kappa shape index (κ1) is 25.1. The van der Waals surface area contributed by atoms with Crippen molar-refractivity contribution in [2.45, 2.75) is 57.9 Å². The second-order valence-electron chi connectivity index (χ2n) is 10.2. The minimum absolute atomic E-state index is 0.0359. The Morgan fingerprint density at radius 1 is 1.22 bits per heavy atom. The van der Waals surface area contributed by atoms with Crippen molar-refractivity contribution in [1.29, 1.82) is 0 Å². The molecule has 0 aliphatic carbocycles. The van der Waals surface area contributed by atoms with Gasteiger partial charge in [-0.15, -0.1) is 0 Å². The van der Waals surface area contributed by atoms with E-state index in [4.69, 9.17) is 14.4 Å². The van der Waals surface area contributed by atoms with Crippen LogP contribution in [0.2, 0.25) is 0 Å². The number of carbonyl (C=O) groups excluding carboxylic acids is 1. The van der Waals surface area contributed by atoms with E-state index in [2.05, 4.69) is 10.6 Å². The zero-order valence-corrected chi connectivity index (χ0v) is 21.3. The van der Waals surface area contributed by atoms with Crippen molar-refractivity contribution < 1.29 is 23.7 Å². The Balaban J connectivity index is 1.40. The molecular weight excluding hydrogens is 475 g/mol. The van der Waals surface area contributed by atoms with Crippen molar-refractivity contribution in [1.82, 2.24) is 15.5 Å². The molecule has 3 heterocycles. The Morgan fingerprint density at radius 3 is 2.59 bits per heavy atom. The van der Waals surface area contributed by atoms with Crippen LogP contribution in [0, 0.1) is 18.7 Å². The topological polar surface area (TPSA) is 100 Å². The predicted octanol–water partition coefficient (Wildman–Crippen LogP) is 4.30. The molecule has 1 fully saturated rings. The van der Waals surface area contributed by atoms with Gasteiger partial charge in [0.25, 0.3) is 0 Å². The Hall–Kier alpha value is -3.56. The first-order valence-electron chi connectivity index (χ1n) is 12.5. The third-order valence-electron chi connectivity index (χ3n) is 7.06. The fourth-order valence-corrected chi connectivity index (χ4v) is 5.11. The lowest BCUT2D eigenvalue weighted by Gasteiger charge is -2.29. The average molecular weight is 507 g/mol. The summed E-state index contributed by atoms with van der Waals surface area (Å²) in [5, 5.41) is 14.4. The van der Waals surface area contributed by atoms with Crippen molar-refractivity contribution in [2.75, 3.05) is 6.54 Å². The molecule has 9 heteroatoms. The number of amides is 1. The molecule has 1 saturated heterocycles. The summed E-state index contributed by atoms with van der Waals surface area (Å²) in [6, 6.07) is 15.3. The van der Waals surface area contributed by atoms with E-state index in [0.717, 1.165) is 11.1 Å². The molecule has 5 rings (SSSR count). The van der Waals surface area contributed by atoms with E-state index in [0.29, 0.717) is 29.3 Å². The summed E-state index contributed by atoms with van der Waals surface area (Å²) in [5.41, 5.74) is 4.60. The third-order valence-corrected chi connectivity index (χ3v) is 7.06. The Morgan fingerprint density at radius 2 is 1.95 bits per heavy atom. The number of hydroxylamine groups is 1. The molecule has 194 valence electrons. The second-order valence-corrected chi connectivity index (χ2v) is 10.2. The first-order chi connectivity index (χ1) is 17.7. The molecule has 0 spiro atoms. The van der Waals surface area contributed by atoms with Gasteiger partial charge in [-0.3, -0.25) is 4.79 Å². The predicted molar refractivity (Wildman–Crippen MR) is 136 cm³/mol. The Kier molecular flexibility index (Phi) is 6.59. The van der Waals surface area contributed by atoms with E-state index in [1.807, 2.05) is 52.0 Å². The van der Waals surface area contributed by atoms with Crippen molar-refractivity contribution >= 4 is 11.7 Å². The smallest absolute Gasteiger partial charge is 0.234 e. The van der Waals surface area contributed by atoms with E-state index in [9.17, 15) is 14.3 Å². The molecule has 0 bridgehead atoms. The average Bonchev–Trinajstić information content (AvgIpc) is 3.58. The molecule has 2 unspecified atom stereocenters. The number of rotatable bonds is 6. The Bertz CT molecular complexity index is 1320. The number of halogens is 1. The molecular formula is C28H31FN4O4. The van der Waals surface area contributed by atoms with Crippen LogP contribution in [0.5, 0.6) is 0 Å². The lowest BCUT2D eigenvalue weighted by molar-refractivity contribution is -0.134. The highest BCUT2D eigenvalue weighted by atomic mass is 19.1. The summed E-state index contributed by atoms with van der Waals surface area (Å²) in [6.07, 6.45) is -0.349. The number of aliphatic hydroxyl groups excluding tert-OH is 1. The van der Waals surface area contributed by atoms with E-state index in [-0.39, 0.29) is 24.2 Å². The summed E-state index contributed by atoms with van der Waals surface area (Å²) in [5.74, 6) is -0.0254. The number of β-amino-alcohol motifs (C(OH)–C–C–N with tert-alkyl or cyclic N) is 1. The van der Waals surface area contributed by atoms with Crippen LogP contribution < -0.4 is 5.48 Å². The minimum atomic E-state index is -1.05. The summed E-state index contributed by atoms with van der Waals surface area (Å²) < 4.78 is 19.6. The standard InChI is InChI=1S/C28H31FN4O4/c1-16(2)25(24-13-17(3)31-36-24)27(35)33-15-20(34)14-23(33)26-30-28(4,37-32-26)19-11-9-18(10-12-19)21-7-5-6-8-22(21)29/h5-13,16,20,23,25,34H,14-15H2,1-4H3,(H,30,32)/t20-,23+,25?,28?/m1/s1. The van der Waals surface area contributed by atoms with Gasteiger partial charge in [0, 0.05) is 30.2 Å². The van der Waals surface area contributed by atoms with Crippen LogP contribution in [0.4, 0.5) is 4.39 Å². The van der Waals surface area contributed by atoms with Crippen LogP contribution in [0.15, 0.2) is 64.1 Å². The molecule has 1 aromatic heterocycles. The molecule has 2 aliphatic rings. The van der Waals surface area contributed by atoms with E-state index < -0.39 is 23.8 Å². The fraction of sp³-hybridized carbons (Fsp3) is 0.393. The largest absolute Gasteiger partial charge is 0.391 e. The van der Waals surface area contributed by atoms with Crippen molar-refractivity contribution in [3.63, 3.8) is 0 Å². The molecule has 8 nitrogen and oxygen atoms in total. The summed E-state index contributed by atoms with van der Waals surface area (Å²) >= 11 is 0. The molecule has 4 atom stereocenters. The molecule has 2 N–H and O–H groups in total. The fourth-order valence-electron chi connectivity index (χ4n) is 5.11. The number of benzene rings is 2. The van der Waals surface area contributed by atoms with Crippen molar-refractivity contribution in [3.8, 4) is 11.1 Å². The lowest BCUT2D eigenvalue weighted by Crippen LogP contribution is -2.46. The molecule has 0 radical (unpaired) electrons. The van der Waals surface area contributed by atoms with Gasteiger partial charge in [0.05, 0.1) is 17.8 Å². The first-order valence-corrected chi connectivity index (χ1v) is 12.5. The minimum Gasteiger partial charge on any atom is -0.391 e. The Labute approximate surface area is 215 Å². The highest BCUT2D eigenvalue weighted by molar-refractivity contribution is 5.94. The van der Waals surface area contributed by atoms with Gasteiger partial charge in [0.15, 0.2) is 0 Å². The number of nitrogens with zero attached hydrogens (tertiary/aromatic N) is 3. The van der Waals surface area contributed by atoms with E-state index in [1.165, 1.54) is 6.07 Å². The van der Waals surface area contributed by atoms with Crippen LogP contribution in [-0.2, 0) is 15.4 Å². The maximum atomic E-state index is 14.2. The van der Waals surface area contributed by atoms with E-state index >= 15 is 0 Å². The van der Waals surface area contributed by atoms with Crippen molar-refractivity contribution in [2.24, 2.45) is 10.9 Å². The van der Waals surface area contributed by atoms with Gasteiger partial charge >= 0.3 is 0 Å². The molecule has 37 heavy (non-hydrogen) atoms. The monoisotopic (exact) mass is 506 g/mol. The maximum Gasteiger partial charge on any atom is 0.234 e. The lowest BCUT2D eigenvalue weighted by atomic mass is 9.91. The number of aromatic nitrogens is 1. The van der Waals surface area contributed by atoms with Gasteiger partial charge < -0.3 is 14.5 Å². The molecule has 2 aromatic carbocycles. The van der Waals surface area contributed by atoms with Gasteiger partial charge in [-0.2, -0.15) is 0 Å². The summed E-state index contributed by atoms with van der Waals surface area (Å²) in [6.45, 7) is 7.73. The van der Waals surface area contributed by atoms with Gasteiger partial charge in [0.2, 0.25) is 11.6 Å². The highest BCUT2D eigenvalue weighted by Crippen LogP contribution is 2.36. The number of hydrogen-bond donors (Lipinski definition) is 2. The number of aliphatic hydroxyl groups is 1. The van der Waals surface area contributed by atoms with Crippen LogP contribution in [0.3, 0.4) is 0 Å². The van der Waals surface area contributed by atoms with Crippen molar-refractivity contribution in [3.05, 3.63) is 77.4 Å². The zero-order chi connectivity index (χ0) is 26.3. The number of aryl methyl sites for hydroxylation is 1. The van der Waals surface area contributed by atoms with Crippen LogP contribution in [0.25, 0.3) is 11.1 Å². The number of amidine groups is 1. The molecule has 0 saturated carbocycles. The second kappa shape index (κ2) is 9.72. The van der Waals surface area contributed by atoms with Crippen LogP contribution in [0.1, 0.15) is 50.1 Å². The molecule has 1 amide bonds. The SMILES string of the molecule is Cc1cc(C(C(=O)N2C[C@H](O)C[C@H]2C2=NC(C)(c3ccc(-c4ccccc4F)cc3)ON2)C(C)C)on1. The highest BCUT2D eigenvalue weighted by Gasteiger charge is 2.45. The maximum absolute atomic E-state index is 14.2.